The van der Waals surface area contributed by atoms with Gasteiger partial charge in [-0.3, -0.25) is 15.1 Å². The fourth-order valence-electron chi connectivity index (χ4n) is 1.76. The van der Waals surface area contributed by atoms with E-state index in [2.05, 4.69) is 22.2 Å². The molecule has 21 heavy (non-hydrogen) atoms. The summed E-state index contributed by atoms with van der Waals surface area (Å²) in [4.78, 5) is 18.7. The van der Waals surface area contributed by atoms with E-state index in [1.807, 2.05) is 0 Å². The summed E-state index contributed by atoms with van der Waals surface area (Å²) in [6.07, 6.45) is 5.92. The lowest BCUT2D eigenvalue weighted by molar-refractivity contribution is -0.384. The molecule has 0 aliphatic rings. The number of nitro benzene ring substituents is 1. The molecule has 1 aromatic carbocycles. The van der Waals surface area contributed by atoms with Crippen LogP contribution in [-0.4, -0.2) is 21.4 Å². The number of benzene rings is 1. The first kappa shape index (κ1) is 15.2. The Balaban J connectivity index is 2.17. The average Bonchev–Trinajstić information content (AvgIpc) is 2.52. The maximum atomic E-state index is 10.9. The van der Waals surface area contributed by atoms with Crippen LogP contribution in [0.2, 0.25) is 0 Å². The fourth-order valence-corrected chi connectivity index (χ4v) is 2.57. The number of hydrogen-bond donors (Lipinski definition) is 1. The van der Waals surface area contributed by atoms with E-state index in [1.54, 1.807) is 30.7 Å². The Morgan fingerprint density at radius 2 is 2.24 bits per heavy atom. The third-order valence-corrected chi connectivity index (χ3v) is 3.74. The van der Waals surface area contributed by atoms with Gasteiger partial charge in [0.05, 0.1) is 11.1 Å². The Labute approximate surface area is 127 Å². The van der Waals surface area contributed by atoms with Crippen molar-refractivity contribution in [3.05, 3.63) is 52.5 Å². The molecule has 0 atom stereocenters. The maximum Gasteiger partial charge on any atom is 0.269 e. The van der Waals surface area contributed by atoms with Crippen molar-refractivity contribution in [1.82, 2.24) is 9.97 Å². The van der Waals surface area contributed by atoms with Crippen molar-refractivity contribution in [2.75, 3.05) is 11.9 Å². The van der Waals surface area contributed by atoms with Crippen LogP contribution in [0.5, 0.6) is 0 Å². The van der Waals surface area contributed by atoms with Gasteiger partial charge in [-0.2, -0.15) is 0 Å². The summed E-state index contributed by atoms with van der Waals surface area (Å²) >= 11 is 1.51. The second-order valence-corrected chi connectivity index (χ2v) is 5.35. The minimum absolute atomic E-state index is 0.104. The lowest BCUT2D eigenvalue weighted by atomic mass is 10.1. The van der Waals surface area contributed by atoms with Gasteiger partial charge < -0.3 is 5.32 Å². The first-order chi connectivity index (χ1) is 10.2. The first-order valence-electron chi connectivity index (χ1n) is 6.60. The Bertz CT molecular complexity index is 607. The summed E-state index contributed by atoms with van der Waals surface area (Å²) in [7, 11) is 0. The second-order valence-electron chi connectivity index (χ2n) is 4.36. The molecule has 1 heterocycles. The number of non-ortho nitro benzene ring substituents is 1. The highest BCUT2D eigenvalue weighted by molar-refractivity contribution is 7.98. The van der Waals surface area contributed by atoms with Gasteiger partial charge in [-0.05, 0) is 18.1 Å². The van der Waals surface area contributed by atoms with E-state index >= 15 is 0 Å². The van der Waals surface area contributed by atoms with Gasteiger partial charge in [0.25, 0.3) is 5.69 Å². The maximum absolute atomic E-state index is 10.9. The van der Waals surface area contributed by atoms with E-state index in [4.69, 9.17) is 0 Å². The zero-order valence-electron chi connectivity index (χ0n) is 11.7. The molecule has 0 saturated heterocycles. The lowest BCUT2D eigenvalue weighted by Crippen LogP contribution is -2.03. The quantitative estimate of drug-likeness (QED) is 0.479. The smallest absolute Gasteiger partial charge is 0.269 e. The molecule has 2 aromatic rings. The molecule has 0 saturated carbocycles. The lowest BCUT2D eigenvalue weighted by Gasteiger charge is -2.11. The molecule has 0 spiro atoms. The van der Waals surface area contributed by atoms with Crippen molar-refractivity contribution < 1.29 is 4.92 Å². The Morgan fingerprint density at radius 1 is 1.38 bits per heavy atom. The van der Waals surface area contributed by atoms with Crippen LogP contribution < -0.4 is 5.32 Å². The zero-order chi connectivity index (χ0) is 15.1. The zero-order valence-corrected chi connectivity index (χ0v) is 12.5. The number of thioether (sulfide) groups is 1. The number of rotatable bonds is 7. The standard InChI is InChI=1S/C14H16N4O2S/c1-2-5-16-13-4-3-12(18(19)20)8-11(13)10-21-14-9-15-6-7-17-14/h3-4,6-9,16H,2,5,10H2,1H3. The molecule has 7 heteroatoms. The van der Waals surface area contributed by atoms with Gasteiger partial charge in [0.15, 0.2) is 0 Å². The molecule has 0 unspecified atom stereocenters. The summed E-state index contributed by atoms with van der Waals surface area (Å²) < 4.78 is 0. The fraction of sp³-hybridized carbons (Fsp3) is 0.286. The van der Waals surface area contributed by atoms with Crippen LogP contribution in [0.1, 0.15) is 18.9 Å². The summed E-state index contributed by atoms with van der Waals surface area (Å²) in [5, 5.41) is 15.0. The molecule has 6 nitrogen and oxygen atoms in total. The van der Waals surface area contributed by atoms with Crippen molar-refractivity contribution >= 4 is 23.1 Å². The van der Waals surface area contributed by atoms with Crippen LogP contribution in [0, 0.1) is 10.1 Å². The minimum Gasteiger partial charge on any atom is -0.385 e. The number of nitrogens with zero attached hydrogens (tertiary/aromatic N) is 3. The normalized spacial score (nSPS) is 10.3. The van der Waals surface area contributed by atoms with Crippen molar-refractivity contribution in [2.24, 2.45) is 0 Å². The highest BCUT2D eigenvalue weighted by atomic mass is 32.2. The molecule has 110 valence electrons. The van der Waals surface area contributed by atoms with Crippen molar-refractivity contribution in [1.29, 1.82) is 0 Å². The molecule has 0 bridgehead atoms. The van der Waals surface area contributed by atoms with Gasteiger partial charge in [0.1, 0.15) is 5.03 Å². The summed E-state index contributed by atoms with van der Waals surface area (Å²) in [5.74, 6) is 0.604. The number of nitrogens with one attached hydrogen (secondary N) is 1. The average molecular weight is 304 g/mol. The van der Waals surface area contributed by atoms with Crippen LogP contribution in [0.4, 0.5) is 11.4 Å². The largest absolute Gasteiger partial charge is 0.385 e. The van der Waals surface area contributed by atoms with Gasteiger partial charge in [0.2, 0.25) is 0 Å². The molecule has 0 amide bonds. The summed E-state index contributed by atoms with van der Waals surface area (Å²) in [6.45, 7) is 2.91. The monoisotopic (exact) mass is 304 g/mol. The van der Waals surface area contributed by atoms with E-state index in [-0.39, 0.29) is 10.6 Å². The third kappa shape index (κ3) is 4.42. The van der Waals surface area contributed by atoms with Crippen LogP contribution in [-0.2, 0) is 5.75 Å². The van der Waals surface area contributed by atoms with E-state index in [0.717, 1.165) is 29.2 Å². The van der Waals surface area contributed by atoms with Crippen LogP contribution in [0.3, 0.4) is 0 Å². The molecule has 1 aromatic heterocycles. The van der Waals surface area contributed by atoms with Crippen molar-refractivity contribution in [3.63, 3.8) is 0 Å². The van der Waals surface area contributed by atoms with Gasteiger partial charge in [-0.25, -0.2) is 4.98 Å². The highest BCUT2D eigenvalue weighted by Gasteiger charge is 2.11. The Kier molecular flexibility index (Phi) is 5.51. The van der Waals surface area contributed by atoms with E-state index in [1.165, 1.54) is 17.8 Å². The number of hydrogen-bond acceptors (Lipinski definition) is 6. The van der Waals surface area contributed by atoms with Gasteiger partial charge in [0, 0.05) is 42.5 Å². The van der Waals surface area contributed by atoms with Crippen LogP contribution >= 0.6 is 11.8 Å². The van der Waals surface area contributed by atoms with Crippen LogP contribution in [0.25, 0.3) is 0 Å². The number of aromatic nitrogens is 2. The summed E-state index contributed by atoms with van der Waals surface area (Å²) in [6, 6.07) is 4.90. The second kappa shape index (κ2) is 7.58. The predicted octanol–water partition coefficient (Wildman–Crippen LogP) is 3.50. The van der Waals surface area contributed by atoms with E-state index in [0.29, 0.717) is 5.75 Å². The molecule has 0 aliphatic carbocycles. The van der Waals surface area contributed by atoms with E-state index < -0.39 is 0 Å². The molecule has 0 fully saturated rings. The molecule has 1 N–H and O–H groups in total. The molecule has 0 radical (unpaired) electrons. The number of anilines is 1. The molecule has 0 aliphatic heterocycles. The van der Waals surface area contributed by atoms with Crippen molar-refractivity contribution in [2.45, 2.75) is 24.1 Å². The van der Waals surface area contributed by atoms with Crippen molar-refractivity contribution in [3.8, 4) is 0 Å². The molecular formula is C14H16N4O2S. The molecular weight excluding hydrogens is 288 g/mol. The van der Waals surface area contributed by atoms with Crippen LogP contribution in [0.15, 0.2) is 41.8 Å². The Morgan fingerprint density at radius 3 is 2.90 bits per heavy atom. The SMILES string of the molecule is CCCNc1ccc([N+](=O)[O-])cc1CSc1cnccn1. The van der Waals surface area contributed by atoms with E-state index in [9.17, 15) is 10.1 Å². The van der Waals surface area contributed by atoms with Gasteiger partial charge >= 0.3 is 0 Å². The van der Waals surface area contributed by atoms with Gasteiger partial charge in [-0.15, -0.1) is 11.8 Å². The highest BCUT2D eigenvalue weighted by Crippen LogP contribution is 2.28. The topological polar surface area (TPSA) is 81.0 Å². The third-order valence-electron chi connectivity index (χ3n) is 2.78. The molecule has 2 rings (SSSR count). The summed E-state index contributed by atoms with van der Waals surface area (Å²) in [5.41, 5.74) is 1.93. The number of nitro groups is 1. The van der Waals surface area contributed by atoms with Gasteiger partial charge in [-0.1, -0.05) is 6.92 Å². The first-order valence-corrected chi connectivity index (χ1v) is 7.59. The predicted molar refractivity (Wildman–Crippen MR) is 83.5 cm³/mol. The minimum atomic E-state index is -0.375. The Hall–Kier alpha value is -2.15.